The molecule has 4 rings (SSSR count). The van der Waals surface area contributed by atoms with E-state index in [0.29, 0.717) is 18.9 Å². The number of benzene rings is 2. The number of nitrogens with zero attached hydrogens (tertiary/aromatic N) is 2. The Morgan fingerprint density at radius 2 is 2.03 bits per heavy atom. The lowest BCUT2D eigenvalue weighted by Gasteiger charge is -2.08. The summed E-state index contributed by atoms with van der Waals surface area (Å²) in [6.07, 6.45) is 4.08. The van der Waals surface area contributed by atoms with Gasteiger partial charge in [-0.2, -0.15) is 0 Å². The number of aromatic nitrogens is 3. The maximum Gasteiger partial charge on any atom is 0.440 e. The Labute approximate surface area is 183 Å². The van der Waals surface area contributed by atoms with E-state index in [4.69, 9.17) is 13.7 Å². The van der Waals surface area contributed by atoms with E-state index in [1.54, 1.807) is 12.3 Å². The predicted octanol–water partition coefficient (Wildman–Crippen LogP) is 3.82. The largest absolute Gasteiger partial charge is 0.493 e. The van der Waals surface area contributed by atoms with Crippen LogP contribution in [0.15, 0.2) is 79.4 Å². The van der Waals surface area contributed by atoms with Gasteiger partial charge in [0.05, 0.1) is 18.8 Å². The maximum atomic E-state index is 11.5. The van der Waals surface area contributed by atoms with Crippen molar-refractivity contribution in [2.75, 3.05) is 6.61 Å². The van der Waals surface area contributed by atoms with Crippen molar-refractivity contribution in [1.82, 2.24) is 14.7 Å². The van der Waals surface area contributed by atoms with Gasteiger partial charge in [0.25, 0.3) is 0 Å². The molecular weight excluding hydrogens is 410 g/mol. The topological polar surface area (TPSA) is 103 Å². The minimum Gasteiger partial charge on any atom is -0.493 e. The number of nitrogens with one attached hydrogen (secondary N) is 1. The van der Waals surface area contributed by atoms with Crippen LogP contribution in [0, 0.1) is 6.92 Å². The summed E-state index contributed by atoms with van der Waals surface area (Å²) in [6.45, 7) is 4.56. The molecule has 8 nitrogen and oxygen atoms in total. The minimum atomic E-state index is -0.769. The molecule has 0 fully saturated rings. The van der Waals surface area contributed by atoms with E-state index in [9.17, 15) is 9.59 Å². The minimum absolute atomic E-state index is 0.157. The van der Waals surface area contributed by atoms with Crippen LogP contribution in [-0.2, 0) is 13.0 Å². The zero-order chi connectivity index (χ0) is 22.5. The van der Waals surface area contributed by atoms with Crippen molar-refractivity contribution in [2.45, 2.75) is 26.8 Å². The van der Waals surface area contributed by atoms with E-state index in [1.807, 2.05) is 62.4 Å². The first kappa shape index (κ1) is 21.2. The van der Waals surface area contributed by atoms with Crippen LogP contribution in [0.25, 0.3) is 17.0 Å². The van der Waals surface area contributed by atoms with E-state index in [2.05, 4.69) is 9.97 Å². The molecule has 2 aromatic carbocycles. The molecule has 2 heterocycles. The summed E-state index contributed by atoms with van der Waals surface area (Å²) < 4.78 is 17.2. The quantitative estimate of drug-likeness (QED) is 0.453. The fourth-order valence-corrected chi connectivity index (χ4v) is 3.21. The summed E-state index contributed by atoms with van der Waals surface area (Å²) in [6, 6.07) is 15.7. The Kier molecular flexibility index (Phi) is 6.21. The standard InChI is InChI=1S/C24H23N3O5/c1-16-5-3-7-19(13-16)22-25-20(15-31-22)10-12-30-21-8-4-6-18(14-21)17(2)9-11-27-23(28)26-24(29)32-27/h3-9,13-15H,10-12H2,1-2H3,(H,26,28,29). The van der Waals surface area contributed by atoms with Crippen LogP contribution in [0.4, 0.5) is 0 Å². The number of ether oxygens (including phenoxy) is 1. The van der Waals surface area contributed by atoms with Gasteiger partial charge in [-0.25, -0.2) is 19.6 Å². The van der Waals surface area contributed by atoms with Crippen molar-refractivity contribution in [3.8, 4) is 17.2 Å². The molecule has 1 N–H and O–H groups in total. The number of rotatable bonds is 8. The highest BCUT2D eigenvalue weighted by Crippen LogP contribution is 2.22. The van der Waals surface area contributed by atoms with Crippen LogP contribution in [0.2, 0.25) is 0 Å². The van der Waals surface area contributed by atoms with E-state index < -0.39 is 11.4 Å². The van der Waals surface area contributed by atoms with Crippen molar-refractivity contribution < 1.29 is 13.7 Å². The zero-order valence-corrected chi connectivity index (χ0v) is 17.8. The van der Waals surface area contributed by atoms with Gasteiger partial charge in [-0.3, -0.25) is 0 Å². The molecule has 0 amide bonds. The molecule has 0 aliphatic carbocycles. The van der Waals surface area contributed by atoms with Crippen LogP contribution in [0.5, 0.6) is 5.75 Å². The number of aryl methyl sites for hydroxylation is 1. The Balaban J connectivity index is 1.35. The van der Waals surface area contributed by atoms with Gasteiger partial charge >= 0.3 is 11.4 Å². The molecule has 0 bridgehead atoms. The lowest BCUT2D eigenvalue weighted by atomic mass is 10.1. The van der Waals surface area contributed by atoms with E-state index >= 15 is 0 Å². The predicted molar refractivity (Wildman–Crippen MR) is 120 cm³/mol. The van der Waals surface area contributed by atoms with Crippen LogP contribution in [0.1, 0.15) is 23.7 Å². The van der Waals surface area contributed by atoms with E-state index in [1.165, 1.54) is 0 Å². The number of allylic oxidation sites excluding steroid dienone is 2. The highest BCUT2D eigenvalue weighted by Gasteiger charge is 2.08. The average molecular weight is 433 g/mol. The highest BCUT2D eigenvalue weighted by atomic mass is 16.5. The third-order valence-corrected chi connectivity index (χ3v) is 4.92. The summed E-state index contributed by atoms with van der Waals surface area (Å²) in [5, 5.41) is 0. The lowest BCUT2D eigenvalue weighted by molar-refractivity contribution is 0.261. The van der Waals surface area contributed by atoms with E-state index in [0.717, 1.165) is 38.4 Å². The molecule has 32 heavy (non-hydrogen) atoms. The summed E-state index contributed by atoms with van der Waals surface area (Å²) in [4.78, 5) is 29.2. The molecule has 0 unspecified atom stereocenters. The van der Waals surface area contributed by atoms with Crippen molar-refractivity contribution in [2.24, 2.45) is 0 Å². The normalized spacial score (nSPS) is 11.6. The second kappa shape index (κ2) is 9.38. The third kappa shape index (κ3) is 5.15. The Hall–Kier alpha value is -4.07. The van der Waals surface area contributed by atoms with Gasteiger partial charge < -0.3 is 13.7 Å². The van der Waals surface area contributed by atoms with Crippen LogP contribution >= 0.6 is 0 Å². The van der Waals surface area contributed by atoms with Crippen molar-refractivity contribution in [3.05, 3.63) is 98.7 Å². The molecule has 4 aromatic rings. The number of hydrogen-bond donors (Lipinski definition) is 1. The maximum absolute atomic E-state index is 11.5. The molecule has 0 atom stereocenters. The summed E-state index contributed by atoms with van der Waals surface area (Å²) >= 11 is 0. The Bertz CT molecular complexity index is 1360. The molecule has 0 saturated carbocycles. The molecule has 2 aromatic heterocycles. The Morgan fingerprint density at radius 3 is 2.81 bits per heavy atom. The third-order valence-electron chi connectivity index (χ3n) is 4.92. The van der Waals surface area contributed by atoms with Crippen LogP contribution < -0.4 is 16.2 Å². The van der Waals surface area contributed by atoms with Gasteiger partial charge in [-0.05, 0) is 49.2 Å². The average Bonchev–Trinajstić information content (AvgIpc) is 3.38. The monoisotopic (exact) mass is 433 g/mol. The molecule has 0 saturated heterocycles. The molecule has 164 valence electrons. The number of H-pyrrole nitrogens is 1. The lowest BCUT2D eigenvalue weighted by Crippen LogP contribution is -2.15. The van der Waals surface area contributed by atoms with Crippen molar-refractivity contribution in [1.29, 1.82) is 0 Å². The molecule has 0 spiro atoms. The van der Waals surface area contributed by atoms with E-state index in [-0.39, 0.29) is 6.54 Å². The zero-order valence-electron chi connectivity index (χ0n) is 17.8. The number of hydrogen-bond acceptors (Lipinski definition) is 6. The molecular formula is C24H23N3O5. The summed E-state index contributed by atoms with van der Waals surface area (Å²) in [7, 11) is 0. The first-order chi connectivity index (χ1) is 15.5. The molecule has 0 radical (unpaired) electrons. The smallest absolute Gasteiger partial charge is 0.440 e. The van der Waals surface area contributed by atoms with Crippen molar-refractivity contribution in [3.63, 3.8) is 0 Å². The van der Waals surface area contributed by atoms with Gasteiger partial charge in [0.15, 0.2) is 0 Å². The van der Waals surface area contributed by atoms with Gasteiger partial charge in [0.2, 0.25) is 5.89 Å². The van der Waals surface area contributed by atoms with Gasteiger partial charge in [-0.15, -0.1) is 4.74 Å². The first-order valence-electron chi connectivity index (χ1n) is 10.2. The van der Waals surface area contributed by atoms with Gasteiger partial charge in [0, 0.05) is 12.0 Å². The molecule has 0 aliphatic rings. The number of oxazole rings is 1. The fourth-order valence-electron chi connectivity index (χ4n) is 3.21. The van der Waals surface area contributed by atoms with Gasteiger partial charge in [-0.1, -0.05) is 35.9 Å². The summed E-state index contributed by atoms with van der Waals surface area (Å²) in [5.74, 6) is 0.557. The van der Waals surface area contributed by atoms with Crippen LogP contribution in [0.3, 0.4) is 0 Å². The second-order valence-electron chi connectivity index (χ2n) is 7.40. The SMILES string of the molecule is CC(=CCn1oc(=O)[nH]c1=O)c1cccc(OCCc2coc(-c3cccc(C)c3)n2)c1. The van der Waals surface area contributed by atoms with Gasteiger partial charge in [0.1, 0.15) is 12.0 Å². The van der Waals surface area contributed by atoms with Crippen molar-refractivity contribution >= 4 is 5.57 Å². The van der Waals surface area contributed by atoms with Crippen LogP contribution in [-0.4, -0.2) is 21.3 Å². The molecule has 8 heteroatoms. The first-order valence-corrected chi connectivity index (χ1v) is 10.2. The second-order valence-corrected chi connectivity index (χ2v) is 7.40. The number of aromatic amines is 1. The summed E-state index contributed by atoms with van der Waals surface area (Å²) in [5.41, 5.74) is 4.22. The Morgan fingerprint density at radius 1 is 1.19 bits per heavy atom. The molecule has 0 aliphatic heterocycles. The fraction of sp³-hybridized carbons (Fsp3) is 0.208. The highest BCUT2D eigenvalue weighted by molar-refractivity contribution is 5.64.